The molecular weight excluding hydrogens is 296 g/mol. The third-order valence-corrected chi connectivity index (χ3v) is 3.75. The number of aryl methyl sites for hydroxylation is 1. The van der Waals surface area contributed by atoms with Crippen LogP contribution in [0.2, 0.25) is 0 Å². The number of guanidine groups is 1. The Kier molecular flexibility index (Phi) is 5.72. The van der Waals surface area contributed by atoms with Crippen molar-refractivity contribution in [3.05, 3.63) is 18.0 Å². The first-order valence-corrected chi connectivity index (χ1v) is 7.73. The molecule has 1 aliphatic rings. The Balaban J connectivity index is 1.82. The number of aromatic nitrogens is 2. The van der Waals surface area contributed by atoms with E-state index in [2.05, 4.69) is 15.4 Å². The van der Waals surface area contributed by atoms with Crippen LogP contribution in [0.15, 0.2) is 17.4 Å². The normalized spacial score (nSPS) is 16.0. The van der Waals surface area contributed by atoms with Gasteiger partial charge in [0.2, 0.25) is 11.8 Å². The molecule has 0 radical (unpaired) electrons. The predicted molar refractivity (Wildman–Crippen MR) is 86.6 cm³/mol. The van der Waals surface area contributed by atoms with E-state index in [0.29, 0.717) is 44.9 Å². The number of carbonyl (C=O) groups is 2. The Labute approximate surface area is 136 Å². The number of piperidine rings is 1. The van der Waals surface area contributed by atoms with E-state index in [9.17, 15) is 9.59 Å². The molecule has 0 aliphatic carbocycles. The van der Waals surface area contributed by atoms with Crippen LogP contribution >= 0.6 is 0 Å². The van der Waals surface area contributed by atoms with Crippen LogP contribution in [0.5, 0.6) is 0 Å². The van der Waals surface area contributed by atoms with Crippen LogP contribution < -0.4 is 5.32 Å². The standard InChI is InChI=1S/C15H24N6O2/c1-16-15(19(2)10-12-9-18-20(3)11-12)17-7-8-21-13(22)5-4-6-14(21)23/h9,11H,4-8,10H2,1-3H3,(H,16,17). The van der Waals surface area contributed by atoms with E-state index < -0.39 is 0 Å². The number of amides is 2. The van der Waals surface area contributed by atoms with Gasteiger partial charge in [-0.25, -0.2) is 0 Å². The number of imide groups is 1. The van der Waals surface area contributed by atoms with Gasteiger partial charge in [0.25, 0.3) is 0 Å². The van der Waals surface area contributed by atoms with Crippen LogP contribution in [0.1, 0.15) is 24.8 Å². The van der Waals surface area contributed by atoms with Crippen LogP contribution in [0.3, 0.4) is 0 Å². The molecule has 8 heteroatoms. The highest BCUT2D eigenvalue weighted by molar-refractivity contribution is 5.97. The van der Waals surface area contributed by atoms with Crippen LogP contribution in [-0.2, 0) is 23.2 Å². The van der Waals surface area contributed by atoms with Gasteiger partial charge in [-0.3, -0.25) is 24.2 Å². The topological polar surface area (TPSA) is 82.8 Å². The zero-order valence-corrected chi connectivity index (χ0v) is 13.9. The zero-order valence-electron chi connectivity index (χ0n) is 13.9. The maximum atomic E-state index is 11.8. The highest BCUT2D eigenvalue weighted by Crippen LogP contribution is 2.11. The molecule has 23 heavy (non-hydrogen) atoms. The molecule has 2 amide bonds. The number of likely N-dealkylation sites (tertiary alicyclic amines) is 1. The van der Waals surface area contributed by atoms with Crippen molar-refractivity contribution in [2.24, 2.45) is 12.0 Å². The van der Waals surface area contributed by atoms with Crippen molar-refractivity contribution in [3.8, 4) is 0 Å². The molecular formula is C15H24N6O2. The van der Waals surface area contributed by atoms with Gasteiger partial charge >= 0.3 is 0 Å². The number of nitrogens with one attached hydrogen (secondary N) is 1. The van der Waals surface area contributed by atoms with Crippen molar-refractivity contribution in [1.82, 2.24) is 24.9 Å². The summed E-state index contributed by atoms with van der Waals surface area (Å²) in [6, 6.07) is 0. The van der Waals surface area contributed by atoms with Crippen molar-refractivity contribution in [1.29, 1.82) is 0 Å². The first-order chi connectivity index (χ1) is 11.0. The Morgan fingerprint density at radius 2 is 2.09 bits per heavy atom. The van der Waals surface area contributed by atoms with Gasteiger partial charge in [0.05, 0.1) is 6.20 Å². The quantitative estimate of drug-likeness (QED) is 0.468. The third-order valence-electron chi connectivity index (χ3n) is 3.75. The van der Waals surface area contributed by atoms with Crippen molar-refractivity contribution >= 4 is 17.8 Å². The van der Waals surface area contributed by atoms with Gasteiger partial charge in [-0.2, -0.15) is 5.10 Å². The first-order valence-electron chi connectivity index (χ1n) is 7.73. The molecule has 2 heterocycles. The van der Waals surface area contributed by atoms with E-state index >= 15 is 0 Å². The average Bonchev–Trinajstić information content (AvgIpc) is 2.91. The van der Waals surface area contributed by atoms with Gasteiger partial charge in [-0.1, -0.05) is 0 Å². The molecule has 126 valence electrons. The van der Waals surface area contributed by atoms with Gasteiger partial charge in [0.15, 0.2) is 5.96 Å². The maximum absolute atomic E-state index is 11.8. The van der Waals surface area contributed by atoms with Gasteiger partial charge in [-0.15, -0.1) is 0 Å². The Morgan fingerprint density at radius 1 is 1.39 bits per heavy atom. The van der Waals surface area contributed by atoms with Crippen LogP contribution in [0.4, 0.5) is 0 Å². The highest BCUT2D eigenvalue weighted by Gasteiger charge is 2.25. The predicted octanol–water partition coefficient (Wildman–Crippen LogP) is -0.0336. The zero-order chi connectivity index (χ0) is 16.8. The smallest absolute Gasteiger partial charge is 0.229 e. The monoisotopic (exact) mass is 320 g/mol. The molecule has 0 bridgehead atoms. The second kappa shape index (κ2) is 7.75. The summed E-state index contributed by atoms with van der Waals surface area (Å²) in [6.45, 7) is 1.54. The Bertz CT molecular complexity index is 579. The number of hydrogen-bond acceptors (Lipinski definition) is 4. The number of hydrogen-bond donors (Lipinski definition) is 1. The lowest BCUT2D eigenvalue weighted by molar-refractivity contribution is -0.147. The van der Waals surface area contributed by atoms with Crippen molar-refractivity contribution in [2.45, 2.75) is 25.8 Å². The minimum atomic E-state index is -0.0817. The van der Waals surface area contributed by atoms with E-state index in [1.165, 1.54) is 4.90 Å². The summed E-state index contributed by atoms with van der Waals surface area (Å²) in [6.07, 6.45) is 5.35. The Morgan fingerprint density at radius 3 is 2.65 bits per heavy atom. The summed E-state index contributed by atoms with van der Waals surface area (Å²) in [7, 11) is 5.52. The molecule has 2 rings (SSSR count). The second-order valence-corrected chi connectivity index (χ2v) is 5.64. The van der Waals surface area contributed by atoms with Crippen molar-refractivity contribution < 1.29 is 9.59 Å². The van der Waals surface area contributed by atoms with E-state index in [1.807, 2.05) is 31.4 Å². The fourth-order valence-electron chi connectivity index (χ4n) is 2.62. The molecule has 1 aromatic heterocycles. The lowest BCUT2D eigenvalue weighted by Crippen LogP contribution is -2.46. The largest absolute Gasteiger partial charge is 0.354 e. The van der Waals surface area contributed by atoms with Crippen LogP contribution in [0, 0.1) is 0 Å². The number of nitrogens with zero attached hydrogens (tertiary/aromatic N) is 5. The number of aliphatic imine (C=N–C) groups is 1. The number of carbonyl (C=O) groups excluding carboxylic acids is 2. The van der Waals surface area contributed by atoms with Crippen molar-refractivity contribution in [2.75, 3.05) is 27.2 Å². The highest BCUT2D eigenvalue weighted by atomic mass is 16.2. The maximum Gasteiger partial charge on any atom is 0.229 e. The average molecular weight is 320 g/mol. The van der Waals surface area contributed by atoms with E-state index in [4.69, 9.17) is 0 Å². The molecule has 1 aromatic rings. The molecule has 0 aromatic carbocycles. The summed E-state index contributed by atoms with van der Waals surface area (Å²) < 4.78 is 1.76. The molecule has 0 atom stereocenters. The van der Waals surface area contributed by atoms with Gasteiger partial charge in [-0.05, 0) is 6.42 Å². The first kappa shape index (κ1) is 17.0. The molecule has 8 nitrogen and oxygen atoms in total. The minimum absolute atomic E-state index is 0.0817. The van der Waals surface area contributed by atoms with Crippen LogP contribution in [0.25, 0.3) is 0 Å². The fourth-order valence-corrected chi connectivity index (χ4v) is 2.62. The second-order valence-electron chi connectivity index (χ2n) is 5.64. The van der Waals surface area contributed by atoms with Crippen molar-refractivity contribution in [3.63, 3.8) is 0 Å². The lowest BCUT2D eigenvalue weighted by Gasteiger charge is -2.26. The summed E-state index contributed by atoms with van der Waals surface area (Å²) in [5, 5.41) is 7.33. The molecule has 1 aliphatic heterocycles. The fraction of sp³-hybridized carbons (Fsp3) is 0.600. The van der Waals surface area contributed by atoms with E-state index in [-0.39, 0.29) is 11.8 Å². The molecule has 0 saturated carbocycles. The van der Waals surface area contributed by atoms with E-state index in [0.717, 1.165) is 5.56 Å². The molecule has 1 saturated heterocycles. The third kappa shape index (κ3) is 4.54. The summed E-state index contributed by atoms with van der Waals surface area (Å²) >= 11 is 0. The molecule has 0 unspecified atom stereocenters. The minimum Gasteiger partial charge on any atom is -0.354 e. The summed E-state index contributed by atoms with van der Waals surface area (Å²) in [4.78, 5) is 31.0. The summed E-state index contributed by atoms with van der Waals surface area (Å²) in [5.74, 6) is 0.550. The number of rotatable bonds is 5. The SMILES string of the molecule is CN=C(NCCN1C(=O)CCCC1=O)N(C)Cc1cnn(C)c1. The molecule has 0 spiro atoms. The lowest BCUT2D eigenvalue weighted by atomic mass is 10.1. The Hall–Kier alpha value is -2.38. The van der Waals surface area contributed by atoms with E-state index in [1.54, 1.807) is 11.7 Å². The van der Waals surface area contributed by atoms with Gasteiger partial charge < -0.3 is 10.2 Å². The van der Waals surface area contributed by atoms with Gasteiger partial charge in [0.1, 0.15) is 0 Å². The van der Waals surface area contributed by atoms with Gasteiger partial charge in [0, 0.05) is 65.4 Å². The van der Waals surface area contributed by atoms with Crippen LogP contribution in [-0.4, -0.2) is 64.5 Å². The summed E-state index contributed by atoms with van der Waals surface area (Å²) in [5.41, 5.74) is 1.08. The molecule has 1 fully saturated rings. The molecule has 1 N–H and O–H groups in total.